The topological polar surface area (TPSA) is 59.2 Å². The summed E-state index contributed by atoms with van der Waals surface area (Å²) in [5.41, 5.74) is 10.3. The van der Waals surface area contributed by atoms with Gasteiger partial charge in [-0.15, -0.1) is 0 Å². The Morgan fingerprint density at radius 3 is 2.35 bits per heavy atom. The third-order valence-electron chi connectivity index (χ3n) is 3.96. The van der Waals surface area contributed by atoms with Gasteiger partial charge in [-0.25, -0.2) is 0 Å². The third-order valence-corrected chi connectivity index (χ3v) is 3.96. The zero-order chi connectivity index (χ0) is 16.8. The van der Waals surface area contributed by atoms with Crippen LogP contribution >= 0.6 is 0 Å². The molecule has 1 amide bonds. The number of hydrogen-bond acceptors (Lipinski definition) is 3. The molecule has 1 atom stereocenters. The predicted molar refractivity (Wildman–Crippen MR) is 94.5 cm³/mol. The Labute approximate surface area is 138 Å². The Morgan fingerprint density at radius 1 is 1.17 bits per heavy atom. The molecule has 1 aromatic carbocycles. The molecular weight excluding hydrogens is 286 g/mol. The van der Waals surface area contributed by atoms with Gasteiger partial charge in [0.2, 0.25) is 5.91 Å². The highest BCUT2D eigenvalue weighted by Crippen LogP contribution is 2.25. The number of nitrogens with two attached hydrogens (primary N) is 1. The second-order valence-corrected chi connectivity index (χ2v) is 5.98. The number of hydrogen-bond donors (Lipinski definition) is 1. The van der Waals surface area contributed by atoms with Crippen molar-refractivity contribution < 1.29 is 4.79 Å². The van der Waals surface area contributed by atoms with E-state index in [2.05, 4.69) is 4.98 Å². The van der Waals surface area contributed by atoms with Gasteiger partial charge >= 0.3 is 0 Å². The van der Waals surface area contributed by atoms with Crippen LogP contribution in [0.5, 0.6) is 0 Å². The molecule has 1 heterocycles. The monoisotopic (exact) mass is 311 g/mol. The van der Waals surface area contributed by atoms with Crippen LogP contribution in [0.15, 0.2) is 42.7 Å². The molecule has 0 aliphatic carbocycles. The number of aromatic nitrogens is 1. The van der Waals surface area contributed by atoms with E-state index in [0.717, 1.165) is 29.7 Å². The minimum atomic E-state index is -0.505. The standard InChI is InChI=1S/C19H25N3O/c1-14-6-4-7-15(2)18(14)22(19(23)16(3)20)13-5-8-17-9-11-21-12-10-17/h4,6-7,9-12,16H,5,8,13,20H2,1-3H3. The largest absolute Gasteiger partial charge is 0.320 e. The van der Waals surface area contributed by atoms with Gasteiger partial charge < -0.3 is 10.6 Å². The molecule has 0 saturated carbocycles. The molecule has 0 radical (unpaired) electrons. The molecule has 23 heavy (non-hydrogen) atoms. The maximum absolute atomic E-state index is 12.6. The van der Waals surface area contributed by atoms with Crippen LogP contribution in [0.4, 0.5) is 5.69 Å². The van der Waals surface area contributed by atoms with E-state index in [1.165, 1.54) is 5.56 Å². The van der Waals surface area contributed by atoms with Crippen molar-refractivity contribution in [3.05, 3.63) is 59.4 Å². The van der Waals surface area contributed by atoms with Crippen molar-refractivity contribution >= 4 is 11.6 Å². The van der Waals surface area contributed by atoms with E-state index >= 15 is 0 Å². The maximum Gasteiger partial charge on any atom is 0.243 e. The lowest BCUT2D eigenvalue weighted by Gasteiger charge is -2.28. The zero-order valence-electron chi connectivity index (χ0n) is 14.1. The molecule has 0 aliphatic rings. The van der Waals surface area contributed by atoms with E-state index in [1.807, 2.05) is 49.1 Å². The highest BCUT2D eigenvalue weighted by atomic mass is 16.2. The minimum Gasteiger partial charge on any atom is -0.320 e. The zero-order valence-corrected chi connectivity index (χ0v) is 14.1. The fourth-order valence-electron chi connectivity index (χ4n) is 2.80. The number of pyridine rings is 1. The van der Waals surface area contributed by atoms with Gasteiger partial charge in [0.1, 0.15) is 0 Å². The van der Waals surface area contributed by atoms with Crippen molar-refractivity contribution in [1.29, 1.82) is 0 Å². The van der Waals surface area contributed by atoms with Gasteiger partial charge in [-0.3, -0.25) is 9.78 Å². The van der Waals surface area contributed by atoms with Gasteiger partial charge in [-0.05, 0) is 62.4 Å². The average molecular weight is 311 g/mol. The van der Waals surface area contributed by atoms with Crippen LogP contribution < -0.4 is 10.6 Å². The Hall–Kier alpha value is -2.20. The van der Waals surface area contributed by atoms with E-state index in [-0.39, 0.29) is 5.91 Å². The number of nitrogens with zero attached hydrogens (tertiary/aromatic N) is 2. The van der Waals surface area contributed by atoms with Crippen LogP contribution in [-0.4, -0.2) is 23.5 Å². The summed E-state index contributed by atoms with van der Waals surface area (Å²) in [5.74, 6) is -0.0304. The van der Waals surface area contributed by atoms with Crippen LogP contribution in [0.1, 0.15) is 30.0 Å². The van der Waals surface area contributed by atoms with Crippen LogP contribution in [0.3, 0.4) is 0 Å². The van der Waals surface area contributed by atoms with Crippen molar-refractivity contribution in [2.45, 2.75) is 39.7 Å². The predicted octanol–water partition coefficient (Wildman–Crippen LogP) is 3.01. The molecule has 0 saturated heterocycles. The average Bonchev–Trinajstić information content (AvgIpc) is 2.53. The second-order valence-electron chi connectivity index (χ2n) is 5.98. The second kappa shape index (κ2) is 7.88. The normalized spacial score (nSPS) is 12.0. The lowest BCUT2D eigenvalue weighted by Crippen LogP contribution is -2.43. The fourth-order valence-corrected chi connectivity index (χ4v) is 2.80. The summed E-state index contributed by atoms with van der Waals surface area (Å²) in [6.45, 7) is 6.47. The molecule has 122 valence electrons. The molecule has 0 bridgehead atoms. The first-order valence-corrected chi connectivity index (χ1v) is 8.02. The molecule has 2 N–H and O–H groups in total. The van der Waals surface area contributed by atoms with Gasteiger partial charge in [0.25, 0.3) is 0 Å². The molecule has 0 spiro atoms. The molecule has 2 rings (SSSR count). The number of rotatable bonds is 6. The van der Waals surface area contributed by atoms with Gasteiger partial charge in [-0.2, -0.15) is 0 Å². The van der Waals surface area contributed by atoms with Gasteiger partial charge in [0.05, 0.1) is 6.04 Å². The summed E-state index contributed by atoms with van der Waals surface area (Å²) in [4.78, 5) is 18.5. The number of amides is 1. The van der Waals surface area contributed by atoms with Crippen LogP contribution in [0.2, 0.25) is 0 Å². The Morgan fingerprint density at radius 2 is 1.78 bits per heavy atom. The quantitative estimate of drug-likeness (QED) is 0.892. The molecule has 0 fully saturated rings. The minimum absolute atomic E-state index is 0.0304. The highest BCUT2D eigenvalue weighted by Gasteiger charge is 2.21. The van der Waals surface area contributed by atoms with Gasteiger partial charge in [-0.1, -0.05) is 18.2 Å². The van der Waals surface area contributed by atoms with Gasteiger partial charge in [0.15, 0.2) is 0 Å². The van der Waals surface area contributed by atoms with E-state index < -0.39 is 6.04 Å². The first-order chi connectivity index (χ1) is 11.0. The Balaban J connectivity index is 2.17. The van der Waals surface area contributed by atoms with Gasteiger partial charge in [0, 0.05) is 24.6 Å². The lowest BCUT2D eigenvalue weighted by atomic mass is 10.1. The van der Waals surface area contributed by atoms with Crippen molar-refractivity contribution in [2.75, 3.05) is 11.4 Å². The Kier molecular flexibility index (Phi) is 5.88. The molecule has 2 aromatic rings. The molecule has 1 unspecified atom stereocenters. The molecular formula is C19H25N3O. The number of para-hydroxylation sites is 1. The number of aryl methyl sites for hydroxylation is 3. The first-order valence-electron chi connectivity index (χ1n) is 8.02. The summed E-state index contributed by atoms with van der Waals surface area (Å²) in [6, 6.07) is 9.60. The van der Waals surface area contributed by atoms with Crippen LogP contribution in [0, 0.1) is 13.8 Å². The number of anilines is 1. The highest BCUT2D eigenvalue weighted by molar-refractivity contribution is 5.98. The molecule has 0 aliphatic heterocycles. The van der Waals surface area contributed by atoms with Crippen molar-refractivity contribution in [3.63, 3.8) is 0 Å². The summed E-state index contributed by atoms with van der Waals surface area (Å²) in [7, 11) is 0. The lowest BCUT2D eigenvalue weighted by molar-refractivity contribution is -0.119. The Bertz CT molecular complexity index is 633. The van der Waals surface area contributed by atoms with Crippen molar-refractivity contribution in [3.8, 4) is 0 Å². The number of carbonyl (C=O) groups is 1. The van der Waals surface area contributed by atoms with Crippen molar-refractivity contribution in [2.24, 2.45) is 5.73 Å². The number of carbonyl (C=O) groups excluding carboxylic acids is 1. The van der Waals surface area contributed by atoms with Crippen molar-refractivity contribution in [1.82, 2.24) is 4.98 Å². The van der Waals surface area contributed by atoms with E-state index in [0.29, 0.717) is 6.54 Å². The summed E-state index contributed by atoms with van der Waals surface area (Å²) in [6.07, 6.45) is 5.39. The molecule has 4 nitrogen and oxygen atoms in total. The summed E-state index contributed by atoms with van der Waals surface area (Å²) < 4.78 is 0. The van der Waals surface area contributed by atoms with Crippen LogP contribution in [-0.2, 0) is 11.2 Å². The first kappa shape index (κ1) is 17.2. The SMILES string of the molecule is Cc1cccc(C)c1N(CCCc1ccncc1)C(=O)C(C)N. The molecule has 4 heteroatoms. The third kappa shape index (κ3) is 4.39. The summed E-state index contributed by atoms with van der Waals surface area (Å²) >= 11 is 0. The molecule has 1 aromatic heterocycles. The van der Waals surface area contributed by atoms with E-state index in [1.54, 1.807) is 19.3 Å². The smallest absolute Gasteiger partial charge is 0.243 e. The maximum atomic E-state index is 12.6. The van der Waals surface area contributed by atoms with E-state index in [9.17, 15) is 4.79 Å². The van der Waals surface area contributed by atoms with Crippen LogP contribution in [0.25, 0.3) is 0 Å². The van der Waals surface area contributed by atoms with E-state index in [4.69, 9.17) is 5.73 Å². The summed E-state index contributed by atoms with van der Waals surface area (Å²) in [5, 5.41) is 0. The number of benzene rings is 1. The fraction of sp³-hybridized carbons (Fsp3) is 0.368.